The Morgan fingerprint density at radius 1 is 1.35 bits per heavy atom. The maximum absolute atomic E-state index is 12.3. The normalized spacial score (nSPS) is 34.7. The fraction of sp³-hybridized carbons (Fsp3) is 0.933. The first-order valence-electron chi connectivity index (χ1n) is 7.03. The number of hydrogen-bond donors (Lipinski definition) is 0. The summed E-state index contributed by atoms with van der Waals surface area (Å²) < 4.78 is 0. The smallest absolute Gasteiger partial charge is 0.222 e. The van der Waals surface area contributed by atoms with Gasteiger partial charge in [-0.15, -0.1) is 0 Å². The van der Waals surface area contributed by atoms with Crippen LogP contribution in [0.2, 0.25) is 0 Å². The highest BCUT2D eigenvalue weighted by atomic mass is 16.2. The highest BCUT2D eigenvalue weighted by Crippen LogP contribution is 2.56. The Balaban J connectivity index is 2.02. The number of likely N-dealkylation sites (tertiary alicyclic amines) is 1. The van der Waals surface area contributed by atoms with E-state index in [2.05, 4.69) is 39.5 Å². The van der Waals surface area contributed by atoms with Crippen LogP contribution in [0.4, 0.5) is 0 Å². The first kappa shape index (κ1) is 12.9. The topological polar surface area (TPSA) is 20.3 Å². The number of nitrogens with zero attached hydrogens (tertiary/aromatic N) is 1. The largest absolute Gasteiger partial charge is 0.339 e. The van der Waals surface area contributed by atoms with Gasteiger partial charge in [-0.2, -0.15) is 0 Å². The van der Waals surface area contributed by atoms with Crippen LogP contribution in [0.3, 0.4) is 0 Å². The van der Waals surface area contributed by atoms with Gasteiger partial charge in [0.15, 0.2) is 0 Å². The quantitative estimate of drug-likeness (QED) is 0.736. The molecular formula is C15H27NO. The van der Waals surface area contributed by atoms with Crippen molar-refractivity contribution in [1.29, 1.82) is 0 Å². The zero-order valence-corrected chi connectivity index (χ0v) is 12.0. The van der Waals surface area contributed by atoms with E-state index in [4.69, 9.17) is 0 Å². The van der Waals surface area contributed by atoms with Gasteiger partial charge in [0.1, 0.15) is 0 Å². The van der Waals surface area contributed by atoms with Gasteiger partial charge >= 0.3 is 0 Å². The van der Waals surface area contributed by atoms with Crippen molar-refractivity contribution >= 4 is 5.91 Å². The molecule has 2 nitrogen and oxygen atoms in total. The van der Waals surface area contributed by atoms with Gasteiger partial charge in [-0.25, -0.2) is 0 Å². The number of carbonyl (C=O) groups is 1. The standard InChI is InChI=1S/C15H27NO/c1-11(2)6-7-13(17)16-10-15(5)8-12(16)14(3,4)9-15/h11-12H,6-10H2,1-5H3/t12-,15-/m1/s1. The number of fused-ring (bicyclic) bond motifs is 2. The summed E-state index contributed by atoms with van der Waals surface area (Å²) in [6, 6.07) is 0.493. The lowest BCUT2D eigenvalue weighted by Crippen LogP contribution is -2.47. The average molecular weight is 237 g/mol. The Hall–Kier alpha value is -0.530. The molecule has 1 heterocycles. The van der Waals surface area contributed by atoms with E-state index in [-0.39, 0.29) is 0 Å². The van der Waals surface area contributed by atoms with Crippen LogP contribution in [0.1, 0.15) is 60.3 Å². The molecule has 2 heteroatoms. The second-order valence-corrected chi connectivity index (χ2v) is 7.65. The first-order valence-corrected chi connectivity index (χ1v) is 7.03. The van der Waals surface area contributed by atoms with Crippen molar-refractivity contribution in [2.24, 2.45) is 16.7 Å². The molecule has 2 atom stereocenters. The van der Waals surface area contributed by atoms with Gasteiger partial charge in [-0.3, -0.25) is 4.79 Å². The molecule has 2 aliphatic rings. The van der Waals surface area contributed by atoms with E-state index in [0.717, 1.165) is 19.4 Å². The predicted octanol–water partition coefficient (Wildman–Crippen LogP) is 3.46. The highest BCUT2D eigenvalue weighted by molar-refractivity contribution is 5.77. The molecule has 98 valence electrons. The molecule has 1 amide bonds. The monoisotopic (exact) mass is 237 g/mol. The van der Waals surface area contributed by atoms with Gasteiger partial charge in [-0.1, -0.05) is 34.6 Å². The van der Waals surface area contributed by atoms with E-state index in [1.54, 1.807) is 0 Å². The van der Waals surface area contributed by atoms with Crippen molar-refractivity contribution < 1.29 is 4.79 Å². The second kappa shape index (κ2) is 4.00. The summed E-state index contributed by atoms with van der Waals surface area (Å²) in [5.74, 6) is 1.02. The summed E-state index contributed by atoms with van der Waals surface area (Å²) in [4.78, 5) is 14.5. The zero-order valence-electron chi connectivity index (χ0n) is 12.0. The number of hydrogen-bond acceptors (Lipinski definition) is 1. The van der Waals surface area contributed by atoms with Crippen LogP contribution in [-0.2, 0) is 4.79 Å². The summed E-state index contributed by atoms with van der Waals surface area (Å²) in [5.41, 5.74) is 0.710. The lowest BCUT2D eigenvalue weighted by atomic mass is 9.79. The Kier molecular flexibility index (Phi) is 3.04. The third-order valence-corrected chi connectivity index (χ3v) is 4.65. The molecular weight excluding hydrogens is 210 g/mol. The van der Waals surface area contributed by atoms with Crippen LogP contribution < -0.4 is 0 Å². The molecule has 2 rings (SSSR count). The molecule has 0 unspecified atom stereocenters. The molecule has 17 heavy (non-hydrogen) atoms. The molecule has 1 saturated carbocycles. The van der Waals surface area contributed by atoms with Gasteiger partial charge in [0, 0.05) is 19.0 Å². The fourth-order valence-corrected chi connectivity index (χ4v) is 4.02. The third kappa shape index (κ3) is 2.36. The van der Waals surface area contributed by atoms with Crippen molar-refractivity contribution in [1.82, 2.24) is 4.90 Å². The molecule has 1 saturated heterocycles. The van der Waals surface area contributed by atoms with E-state index in [0.29, 0.717) is 28.7 Å². The molecule has 0 aromatic heterocycles. The van der Waals surface area contributed by atoms with Crippen LogP contribution in [0.15, 0.2) is 0 Å². The van der Waals surface area contributed by atoms with E-state index in [1.165, 1.54) is 12.8 Å². The van der Waals surface area contributed by atoms with Crippen LogP contribution in [0.5, 0.6) is 0 Å². The number of amides is 1. The highest BCUT2D eigenvalue weighted by Gasteiger charge is 2.56. The maximum Gasteiger partial charge on any atom is 0.222 e. The molecule has 0 aromatic rings. The lowest BCUT2D eigenvalue weighted by Gasteiger charge is -2.41. The third-order valence-electron chi connectivity index (χ3n) is 4.65. The summed E-state index contributed by atoms with van der Waals surface area (Å²) >= 11 is 0. The Morgan fingerprint density at radius 2 is 2.00 bits per heavy atom. The van der Waals surface area contributed by atoms with Crippen LogP contribution in [0.25, 0.3) is 0 Å². The van der Waals surface area contributed by atoms with E-state index < -0.39 is 0 Å². The number of rotatable bonds is 3. The molecule has 2 fully saturated rings. The lowest BCUT2D eigenvalue weighted by molar-refractivity contribution is -0.136. The minimum atomic E-state index is 0.320. The van der Waals surface area contributed by atoms with Crippen molar-refractivity contribution in [2.45, 2.75) is 66.3 Å². The number of carbonyl (C=O) groups excluding carboxylic acids is 1. The van der Waals surface area contributed by atoms with Crippen molar-refractivity contribution in [3.05, 3.63) is 0 Å². The van der Waals surface area contributed by atoms with Crippen LogP contribution in [0, 0.1) is 16.7 Å². The summed E-state index contributed by atoms with van der Waals surface area (Å²) in [6.07, 6.45) is 4.26. The van der Waals surface area contributed by atoms with Gasteiger partial charge in [-0.05, 0) is 36.0 Å². The first-order chi connectivity index (χ1) is 7.73. The molecule has 0 radical (unpaired) electrons. The van der Waals surface area contributed by atoms with Crippen molar-refractivity contribution in [3.63, 3.8) is 0 Å². The SMILES string of the molecule is CC(C)CCC(=O)N1C[C@]2(C)C[C@@H]1C(C)(C)C2. The van der Waals surface area contributed by atoms with Crippen molar-refractivity contribution in [3.8, 4) is 0 Å². The number of piperidine rings is 1. The Bertz CT molecular complexity index is 318. The molecule has 1 aliphatic carbocycles. The van der Waals surface area contributed by atoms with Gasteiger partial charge in [0.2, 0.25) is 5.91 Å². The average Bonchev–Trinajstić information content (AvgIpc) is 2.62. The van der Waals surface area contributed by atoms with E-state index in [1.807, 2.05) is 0 Å². The van der Waals surface area contributed by atoms with E-state index >= 15 is 0 Å². The molecule has 0 spiro atoms. The van der Waals surface area contributed by atoms with Gasteiger partial charge in [0.05, 0.1) is 0 Å². The van der Waals surface area contributed by atoms with E-state index in [9.17, 15) is 4.79 Å². The molecule has 0 aromatic carbocycles. The summed E-state index contributed by atoms with van der Waals surface area (Å²) in [7, 11) is 0. The molecule has 2 bridgehead atoms. The predicted molar refractivity (Wildman–Crippen MR) is 70.7 cm³/mol. The Morgan fingerprint density at radius 3 is 2.47 bits per heavy atom. The van der Waals surface area contributed by atoms with Gasteiger partial charge in [0.25, 0.3) is 0 Å². The van der Waals surface area contributed by atoms with Gasteiger partial charge < -0.3 is 4.90 Å². The zero-order chi connectivity index (χ0) is 12.8. The summed E-state index contributed by atoms with van der Waals surface area (Å²) in [6.45, 7) is 12.4. The molecule has 1 aliphatic heterocycles. The maximum atomic E-state index is 12.3. The second-order valence-electron chi connectivity index (χ2n) is 7.65. The van der Waals surface area contributed by atoms with Crippen LogP contribution >= 0.6 is 0 Å². The van der Waals surface area contributed by atoms with Crippen molar-refractivity contribution in [2.75, 3.05) is 6.54 Å². The molecule has 0 N–H and O–H groups in total. The minimum absolute atomic E-state index is 0.320. The Labute approximate surface area is 106 Å². The van der Waals surface area contributed by atoms with Crippen LogP contribution in [-0.4, -0.2) is 23.4 Å². The fourth-order valence-electron chi connectivity index (χ4n) is 4.02. The minimum Gasteiger partial charge on any atom is -0.339 e. The summed E-state index contributed by atoms with van der Waals surface area (Å²) in [5, 5.41) is 0.